The van der Waals surface area contributed by atoms with Gasteiger partial charge in [-0.2, -0.15) is 0 Å². The highest BCUT2D eigenvalue weighted by Gasteiger charge is 2.18. The van der Waals surface area contributed by atoms with E-state index in [4.69, 9.17) is 0 Å². The van der Waals surface area contributed by atoms with Crippen LogP contribution in [0.3, 0.4) is 0 Å². The Balaban J connectivity index is 1.70. The molecule has 2 heterocycles. The zero-order chi connectivity index (χ0) is 18.3. The fourth-order valence-corrected chi connectivity index (χ4v) is 3.70. The number of fused-ring (bicyclic) bond motifs is 1. The second-order valence-corrected chi connectivity index (χ2v) is 7.17. The summed E-state index contributed by atoms with van der Waals surface area (Å²) in [5, 5.41) is 8.24. The van der Waals surface area contributed by atoms with Crippen LogP contribution in [0.15, 0.2) is 59.1 Å². The maximum Gasteiger partial charge on any atom is 0.186 e. The highest BCUT2D eigenvalue weighted by atomic mass is 79.9. The first kappa shape index (κ1) is 16.7. The summed E-state index contributed by atoms with van der Waals surface area (Å²) >= 11 is 3.51. The molecule has 0 fully saturated rings. The molecule has 130 valence electrons. The van der Waals surface area contributed by atoms with E-state index in [1.807, 2.05) is 68.4 Å². The predicted octanol–water partition coefficient (Wildman–Crippen LogP) is 4.48. The number of benzene rings is 2. The normalized spacial score (nSPS) is 11.2. The summed E-state index contributed by atoms with van der Waals surface area (Å²) in [5.41, 5.74) is 5.34. The topological polar surface area (TPSA) is 52.7 Å². The van der Waals surface area contributed by atoms with Gasteiger partial charge in [0.25, 0.3) is 0 Å². The number of ketones is 1. The maximum atomic E-state index is 12.9. The molecule has 0 aliphatic heterocycles. The number of rotatable bonds is 4. The van der Waals surface area contributed by atoms with Crippen molar-refractivity contribution in [1.82, 2.24) is 19.6 Å². The molecule has 0 atom stereocenters. The Morgan fingerprint density at radius 2 is 1.88 bits per heavy atom. The van der Waals surface area contributed by atoms with Gasteiger partial charge in [0, 0.05) is 27.1 Å². The van der Waals surface area contributed by atoms with E-state index in [1.54, 1.807) is 4.68 Å². The quantitative estimate of drug-likeness (QED) is 0.467. The first-order chi connectivity index (χ1) is 12.5. The molecule has 0 amide bonds. The van der Waals surface area contributed by atoms with E-state index in [0.29, 0.717) is 5.56 Å². The third kappa shape index (κ3) is 2.86. The SMILES string of the molecule is Cc1cc(C(=O)Cn2nnc3ccccc32)c(C)n1-c1cccc(Br)c1. The molecular formula is C20H17BrN4O. The minimum atomic E-state index is 0.0231. The molecule has 2 aromatic carbocycles. The van der Waals surface area contributed by atoms with Crippen molar-refractivity contribution in [1.29, 1.82) is 0 Å². The first-order valence-corrected chi connectivity index (χ1v) is 9.10. The minimum Gasteiger partial charge on any atom is -0.318 e. The van der Waals surface area contributed by atoms with E-state index in [0.717, 1.165) is 32.6 Å². The summed E-state index contributed by atoms with van der Waals surface area (Å²) in [6.45, 7) is 4.15. The van der Waals surface area contributed by atoms with Gasteiger partial charge in [-0.25, -0.2) is 4.68 Å². The zero-order valence-electron chi connectivity index (χ0n) is 14.5. The molecule has 0 spiro atoms. The van der Waals surface area contributed by atoms with Crippen molar-refractivity contribution < 1.29 is 4.79 Å². The number of para-hydroxylation sites is 1. The summed E-state index contributed by atoms with van der Waals surface area (Å²) in [5.74, 6) is 0.0231. The molecule has 0 bridgehead atoms. The Labute approximate surface area is 159 Å². The van der Waals surface area contributed by atoms with Crippen LogP contribution < -0.4 is 0 Å². The molecule has 5 nitrogen and oxygen atoms in total. The lowest BCUT2D eigenvalue weighted by Crippen LogP contribution is -2.12. The number of halogens is 1. The highest BCUT2D eigenvalue weighted by molar-refractivity contribution is 9.10. The molecule has 0 aliphatic carbocycles. The number of aromatic nitrogens is 4. The molecule has 2 aromatic heterocycles. The largest absolute Gasteiger partial charge is 0.318 e. The molecule has 26 heavy (non-hydrogen) atoms. The van der Waals surface area contributed by atoms with Crippen molar-refractivity contribution >= 4 is 32.7 Å². The lowest BCUT2D eigenvalue weighted by molar-refractivity contribution is 0.0968. The van der Waals surface area contributed by atoms with Crippen molar-refractivity contribution in [2.45, 2.75) is 20.4 Å². The van der Waals surface area contributed by atoms with E-state index >= 15 is 0 Å². The first-order valence-electron chi connectivity index (χ1n) is 8.31. The minimum absolute atomic E-state index is 0.0231. The van der Waals surface area contributed by atoms with Crippen LogP contribution in [0, 0.1) is 13.8 Å². The van der Waals surface area contributed by atoms with Gasteiger partial charge < -0.3 is 4.57 Å². The van der Waals surface area contributed by atoms with E-state index in [-0.39, 0.29) is 12.3 Å². The molecule has 0 N–H and O–H groups in total. The van der Waals surface area contributed by atoms with Gasteiger partial charge >= 0.3 is 0 Å². The van der Waals surface area contributed by atoms with Crippen LogP contribution in [0.5, 0.6) is 0 Å². The van der Waals surface area contributed by atoms with Crippen LogP contribution in [0.2, 0.25) is 0 Å². The maximum absolute atomic E-state index is 12.9. The average Bonchev–Trinajstić information content (AvgIpc) is 3.16. The van der Waals surface area contributed by atoms with Crippen molar-refractivity contribution in [2.75, 3.05) is 0 Å². The second kappa shape index (κ2) is 6.53. The van der Waals surface area contributed by atoms with Gasteiger partial charge in [-0.15, -0.1) is 5.10 Å². The number of hydrogen-bond donors (Lipinski definition) is 0. The van der Waals surface area contributed by atoms with Gasteiger partial charge in [0.2, 0.25) is 0 Å². The van der Waals surface area contributed by atoms with Crippen LogP contribution >= 0.6 is 15.9 Å². The lowest BCUT2D eigenvalue weighted by atomic mass is 10.1. The van der Waals surface area contributed by atoms with Gasteiger partial charge in [-0.3, -0.25) is 4.79 Å². The predicted molar refractivity (Wildman–Crippen MR) is 105 cm³/mol. The second-order valence-electron chi connectivity index (χ2n) is 6.26. The number of aryl methyl sites for hydroxylation is 1. The molecule has 0 aliphatic rings. The summed E-state index contributed by atoms with van der Waals surface area (Å²) in [6, 6.07) is 17.6. The Kier molecular flexibility index (Phi) is 4.20. The summed E-state index contributed by atoms with van der Waals surface area (Å²) in [7, 11) is 0. The summed E-state index contributed by atoms with van der Waals surface area (Å²) in [4.78, 5) is 12.9. The van der Waals surface area contributed by atoms with E-state index in [1.165, 1.54) is 0 Å². The molecule has 4 aromatic rings. The van der Waals surface area contributed by atoms with Gasteiger partial charge in [-0.05, 0) is 50.2 Å². The van der Waals surface area contributed by atoms with Gasteiger partial charge in [0.15, 0.2) is 5.78 Å². The van der Waals surface area contributed by atoms with Gasteiger partial charge in [-0.1, -0.05) is 39.3 Å². The fourth-order valence-electron chi connectivity index (χ4n) is 3.31. The summed E-state index contributed by atoms with van der Waals surface area (Å²) < 4.78 is 4.75. The standard InChI is InChI=1S/C20H17BrN4O/c1-13-10-17(14(2)25(13)16-7-5-6-15(21)11-16)20(26)12-24-19-9-4-3-8-18(19)22-23-24/h3-11H,12H2,1-2H3. The Morgan fingerprint density at radius 1 is 1.08 bits per heavy atom. The lowest BCUT2D eigenvalue weighted by Gasteiger charge is -2.10. The number of Topliss-reactive ketones (excluding diaryl/α,β-unsaturated/α-hetero) is 1. The van der Waals surface area contributed by atoms with Crippen molar-refractivity contribution in [3.63, 3.8) is 0 Å². The Bertz CT molecular complexity index is 1130. The highest BCUT2D eigenvalue weighted by Crippen LogP contribution is 2.24. The molecule has 0 saturated heterocycles. The van der Waals surface area contributed by atoms with Crippen molar-refractivity contribution in [3.05, 3.63) is 76.0 Å². The zero-order valence-corrected chi connectivity index (χ0v) is 16.1. The van der Waals surface area contributed by atoms with Crippen LogP contribution in [0.25, 0.3) is 16.7 Å². The molecule has 0 radical (unpaired) electrons. The molecule has 0 saturated carbocycles. The van der Waals surface area contributed by atoms with Crippen LogP contribution in [-0.2, 0) is 6.54 Å². The molecule has 4 rings (SSSR count). The van der Waals surface area contributed by atoms with Crippen LogP contribution in [0.4, 0.5) is 0 Å². The molecule has 6 heteroatoms. The summed E-state index contributed by atoms with van der Waals surface area (Å²) in [6.07, 6.45) is 0. The van der Waals surface area contributed by atoms with E-state index in [9.17, 15) is 4.79 Å². The Morgan fingerprint density at radius 3 is 2.69 bits per heavy atom. The van der Waals surface area contributed by atoms with Gasteiger partial charge in [0.1, 0.15) is 12.1 Å². The third-order valence-corrected chi connectivity index (χ3v) is 5.00. The van der Waals surface area contributed by atoms with Crippen molar-refractivity contribution in [2.24, 2.45) is 0 Å². The van der Waals surface area contributed by atoms with Crippen LogP contribution in [-0.4, -0.2) is 25.3 Å². The van der Waals surface area contributed by atoms with E-state index in [2.05, 4.69) is 30.8 Å². The number of carbonyl (C=O) groups is 1. The molecular weight excluding hydrogens is 392 g/mol. The average molecular weight is 409 g/mol. The van der Waals surface area contributed by atoms with Gasteiger partial charge in [0.05, 0.1) is 5.52 Å². The molecule has 0 unspecified atom stereocenters. The smallest absolute Gasteiger partial charge is 0.186 e. The van der Waals surface area contributed by atoms with E-state index < -0.39 is 0 Å². The third-order valence-electron chi connectivity index (χ3n) is 4.51. The number of hydrogen-bond acceptors (Lipinski definition) is 3. The Hall–Kier alpha value is -2.73. The van der Waals surface area contributed by atoms with Crippen molar-refractivity contribution in [3.8, 4) is 5.69 Å². The monoisotopic (exact) mass is 408 g/mol. The number of carbonyl (C=O) groups excluding carboxylic acids is 1. The number of nitrogens with zero attached hydrogens (tertiary/aromatic N) is 4. The van der Waals surface area contributed by atoms with Crippen LogP contribution in [0.1, 0.15) is 21.7 Å². The fraction of sp³-hybridized carbons (Fsp3) is 0.150.